The summed E-state index contributed by atoms with van der Waals surface area (Å²) in [5.74, 6) is 1.39. The van der Waals surface area contributed by atoms with E-state index in [2.05, 4.69) is 37.5 Å². The third-order valence-corrected chi connectivity index (χ3v) is 4.48. The van der Waals surface area contributed by atoms with E-state index >= 15 is 0 Å². The molecule has 0 aromatic heterocycles. The minimum atomic E-state index is -0.211. The highest BCUT2D eigenvalue weighted by Crippen LogP contribution is 2.32. The number of carbonyl (C=O) groups excluding carboxylic acids is 1. The van der Waals surface area contributed by atoms with E-state index in [1.807, 2.05) is 37.3 Å². The second-order valence-corrected chi connectivity index (χ2v) is 7.53. The Bertz CT molecular complexity index is 795. The normalized spacial score (nSPS) is 11.0. The first kappa shape index (κ1) is 20.6. The monoisotopic (exact) mass is 370 g/mol. The molecule has 27 heavy (non-hydrogen) atoms. The van der Waals surface area contributed by atoms with Gasteiger partial charge in [-0.1, -0.05) is 51.1 Å². The van der Waals surface area contributed by atoms with Gasteiger partial charge in [0.15, 0.2) is 11.5 Å². The van der Waals surface area contributed by atoms with Crippen LogP contribution < -0.4 is 20.1 Å². The van der Waals surface area contributed by atoms with Gasteiger partial charge in [-0.15, -0.1) is 0 Å². The van der Waals surface area contributed by atoms with Crippen LogP contribution in [0.15, 0.2) is 36.4 Å². The molecular formula is C22H30N2O3. The molecule has 0 radical (unpaired) electrons. The molecule has 0 saturated heterocycles. The summed E-state index contributed by atoms with van der Waals surface area (Å²) in [7, 11) is 3.23. The Morgan fingerprint density at radius 2 is 1.74 bits per heavy atom. The average Bonchev–Trinajstić information content (AvgIpc) is 2.62. The molecule has 5 nitrogen and oxygen atoms in total. The first-order valence-electron chi connectivity index (χ1n) is 9.12. The number of aryl methyl sites for hydroxylation is 1. The molecule has 0 aliphatic heterocycles. The van der Waals surface area contributed by atoms with Crippen molar-refractivity contribution in [3.8, 4) is 11.5 Å². The number of benzene rings is 2. The van der Waals surface area contributed by atoms with Crippen molar-refractivity contribution in [1.82, 2.24) is 5.32 Å². The molecule has 0 unspecified atom stereocenters. The zero-order chi connectivity index (χ0) is 20.0. The van der Waals surface area contributed by atoms with Crippen molar-refractivity contribution in [2.75, 3.05) is 26.1 Å². The van der Waals surface area contributed by atoms with Crippen molar-refractivity contribution in [2.24, 2.45) is 0 Å². The fourth-order valence-electron chi connectivity index (χ4n) is 3.08. The summed E-state index contributed by atoms with van der Waals surface area (Å²) in [4.78, 5) is 12.4. The predicted octanol–water partition coefficient (Wildman–Crippen LogP) is 4.67. The Morgan fingerprint density at radius 1 is 1.04 bits per heavy atom. The van der Waals surface area contributed by atoms with Gasteiger partial charge in [-0.2, -0.15) is 0 Å². The number of carbonyl (C=O) groups is 1. The fourth-order valence-corrected chi connectivity index (χ4v) is 3.08. The second kappa shape index (κ2) is 8.80. The molecule has 0 atom stereocenters. The van der Waals surface area contributed by atoms with Crippen LogP contribution in [0.4, 0.5) is 10.5 Å². The number of hydrogen-bond acceptors (Lipinski definition) is 3. The van der Waals surface area contributed by atoms with E-state index in [-0.39, 0.29) is 11.4 Å². The topological polar surface area (TPSA) is 59.6 Å². The van der Waals surface area contributed by atoms with Gasteiger partial charge in [0.25, 0.3) is 0 Å². The highest BCUT2D eigenvalue weighted by molar-refractivity contribution is 5.91. The van der Waals surface area contributed by atoms with E-state index in [0.717, 1.165) is 22.4 Å². The molecule has 2 aromatic rings. The van der Waals surface area contributed by atoms with Gasteiger partial charge in [0.1, 0.15) is 0 Å². The lowest BCUT2D eigenvalue weighted by atomic mass is 9.84. The van der Waals surface area contributed by atoms with Gasteiger partial charge >= 0.3 is 6.03 Å². The van der Waals surface area contributed by atoms with Crippen LogP contribution in [0.1, 0.15) is 37.5 Å². The lowest BCUT2D eigenvalue weighted by Gasteiger charge is -2.24. The highest BCUT2D eigenvalue weighted by Gasteiger charge is 2.20. The first-order valence-corrected chi connectivity index (χ1v) is 9.12. The summed E-state index contributed by atoms with van der Waals surface area (Å²) in [5, 5.41) is 5.94. The number of urea groups is 1. The molecule has 0 aliphatic carbocycles. The molecule has 2 amide bonds. The number of methoxy groups -OCH3 is 2. The lowest BCUT2D eigenvalue weighted by Crippen LogP contribution is -2.32. The maximum Gasteiger partial charge on any atom is 0.319 e. The summed E-state index contributed by atoms with van der Waals surface area (Å²) in [6, 6.07) is 11.6. The Kier molecular flexibility index (Phi) is 6.72. The minimum Gasteiger partial charge on any atom is -0.493 e. The summed E-state index contributed by atoms with van der Waals surface area (Å²) < 4.78 is 10.8. The molecule has 146 valence electrons. The van der Waals surface area contributed by atoms with Gasteiger partial charge in [0.05, 0.1) is 14.2 Å². The Balaban J connectivity index is 2.03. The van der Waals surface area contributed by atoms with Crippen LogP contribution in [0, 0.1) is 6.92 Å². The maximum atomic E-state index is 12.4. The summed E-state index contributed by atoms with van der Waals surface area (Å²) in [6.45, 7) is 8.91. The lowest BCUT2D eigenvalue weighted by molar-refractivity contribution is 0.252. The fraction of sp³-hybridized carbons (Fsp3) is 0.409. The van der Waals surface area contributed by atoms with E-state index in [9.17, 15) is 4.79 Å². The van der Waals surface area contributed by atoms with Crippen molar-refractivity contribution < 1.29 is 14.3 Å². The summed E-state index contributed by atoms with van der Waals surface area (Å²) >= 11 is 0. The van der Waals surface area contributed by atoms with Crippen molar-refractivity contribution in [2.45, 2.75) is 39.5 Å². The number of hydrogen-bond donors (Lipinski definition) is 2. The SMILES string of the molecule is COc1cccc(CCNC(=O)Nc2c(C)cccc2C(C)(C)C)c1OC. The van der Waals surface area contributed by atoms with Crippen molar-refractivity contribution >= 4 is 11.7 Å². The zero-order valence-electron chi connectivity index (χ0n) is 17.1. The third-order valence-electron chi connectivity index (χ3n) is 4.48. The molecule has 2 aromatic carbocycles. The number of nitrogens with one attached hydrogen (secondary N) is 2. The van der Waals surface area contributed by atoms with Gasteiger partial charge in [0.2, 0.25) is 0 Å². The van der Waals surface area contributed by atoms with E-state index < -0.39 is 0 Å². The van der Waals surface area contributed by atoms with Gasteiger partial charge < -0.3 is 20.1 Å². The second-order valence-electron chi connectivity index (χ2n) is 7.53. The van der Waals surface area contributed by atoms with Gasteiger partial charge in [-0.25, -0.2) is 4.79 Å². The molecule has 0 bridgehead atoms. The van der Waals surface area contributed by atoms with E-state index in [4.69, 9.17) is 9.47 Å². The quantitative estimate of drug-likeness (QED) is 0.776. The highest BCUT2D eigenvalue weighted by atomic mass is 16.5. The van der Waals surface area contributed by atoms with E-state index in [1.165, 1.54) is 0 Å². The Morgan fingerprint density at radius 3 is 2.37 bits per heavy atom. The standard InChI is InChI=1S/C22H30N2O3/c1-15-9-7-11-17(22(2,3)4)19(15)24-21(25)23-14-13-16-10-8-12-18(26-5)20(16)27-6/h7-12H,13-14H2,1-6H3,(H2,23,24,25). The van der Waals surface area contributed by atoms with Crippen molar-refractivity contribution in [3.05, 3.63) is 53.1 Å². The van der Waals surface area contributed by atoms with Crippen LogP contribution in [0.25, 0.3) is 0 Å². The Hall–Kier alpha value is -2.69. The maximum absolute atomic E-state index is 12.4. The average molecular weight is 370 g/mol. The van der Waals surface area contributed by atoms with Gasteiger partial charge in [-0.3, -0.25) is 0 Å². The summed E-state index contributed by atoms with van der Waals surface area (Å²) in [5.41, 5.74) is 3.98. The third kappa shape index (κ3) is 5.16. The molecule has 5 heteroatoms. The number of anilines is 1. The van der Waals surface area contributed by atoms with Gasteiger partial charge in [-0.05, 0) is 41.5 Å². The molecule has 0 aliphatic rings. The van der Waals surface area contributed by atoms with Gasteiger partial charge in [0, 0.05) is 12.2 Å². The van der Waals surface area contributed by atoms with Crippen LogP contribution >= 0.6 is 0 Å². The first-order chi connectivity index (χ1) is 12.8. The number of para-hydroxylation sites is 2. The van der Waals surface area contributed by atoms with Crippen LogP contribution in [0.3, 0.4) is 0 Å². The zero-order valence-corrected chi connectivity index (χ0v) is 17.1. The largest absolute Gasteiger partial charge is 0.493 e. The van der Waals surface area contributed by atoms with Crippen LogP contribution in [0.5, 0.6) is 11.5 Å². The summed E-state index contributed by atoms with van der Waals surface area (Å²) in [6.07, 6.45) is 0.647. The molecule has 2 rings (SSSR count). The predicted molar refractivity (Wildman–Crippen MR) is 110 cm³/mol. The minimum absolute atomic E-state index is 0.0530. The van der Waals surface area contributed by atoms with Crippen molar-refractivity contribution in [3.63, 3.8) is 0 Å². The van der Waals surface area contributed by atoms with Crippen LogP contribution in [0.2, 0.25) is 0 Å². The number of ether oxygens (including phenoxy) is 2. The van der Waals surface area contributed by atoms with Crippen LogP contribution in [-0.4, -0.2) is 26.8 Å². The molecule has 2 N–H and O–H groups in total. The van der Waals surface area contributed by atoms with E-state index in [0.29, 0.717) is 24.5 Å². The molecule has 0 fully saturated rings. The molecule has 0 spiro atoms. The molecular weight excluding hydrogens is 340 g/mol. The number of rotatable bonds is 6. The molecule has 0 saturated carbocycles. The van der Waals surface area contributed by atoms with Crippen LogP contribution in [-0.2, 0) is 11.8 Å². The van der Waals surface area contributed by atoms with Crippen molar-refractivity contribution in [1.29, 1.82) is 0 Å². The molecule has 0 heterocycles. The smallest absolute Gasteiger partial charge is 0.319 e. The Labute approximate surface area is 162 Å². The van der Waals surface area contributed by atoms with E-state index in [1.54, 1.807) is 14.2 Å². The number of amides is 2.